The summed E-state index contributed by atoms with van der Waals surface area (Å²) in [6.45, 7) is 1.49. The Balaban J connectivity index is 1.55. The molecule has 1 aromatic carbocycles. The van der Waals surface area contributed by atoms with Crippen LogP contribution in [0.2, 0.25) is 0 Å². The third kappa shape index (κ3) is 4.94. The Morgan fingerprint density at radius 3 is 2.71 bits per heavy atom. The van der Waals surface area contributed by atoms with Crippen molar-refractivity contribution in [1.29, 1.82) is 5.26 Å². The fourth-order valence-electron chi connectivity index (χ4n) is 2.32. The molecule has 5 nitrogen and oxygen atoms in total. The average molecular weight is 409 g/mol. The number of nitriles is 1. The van der Waals surface area contributed by atoms with Crippen molar-refractivity contribution >= 4 is 45.6 Å². The van der Waals surface area contributed by atoms with E-state index in [4.69, 9.17) is 10.00 Å². The van der Waals surface area contributed by atoms with Gasteiger partial charge >= 0.3 is 5.97 Å². The Morgan fingerprint density at radius 1 is 1.18 bits per heavy atom. The minimum absolute atomic E-state index is 0.378. The van der Waals surface area contributed by atoms with Gasteiger partial charge in [-0.3, -0.25) is 4.79 Å². The van der Waals surface area contributed by atoms with E-state index in [-0.39, 0.29) is 0 Å². The van der Waals surface area contributed by atoms with E-state index in [9.17, 15) is 9.59 Å². The van der Waals surface area contributed by atoms with Crippen LogP contribution in [0.3, 0.4) is 0 Å². The van der Waals surface area contributed by atoms with Crippen LogP contribution >= 0.6 is 22.7 Å². The van der Waals surface area contributed by atoms with Gasteiger partial charge in [0.2, 0.25) is 0 Å². The van der Waals surface area contributed by atoms with Crippen LogP contribution in [0.15, 0.2) is 60.0 Å². The van der Waals surface area contributed by atoms with Gasteiger partial charge in [-0.15, -0.1) is 22.7 Å². The van der Waals surface area contributed by atoms with E-state index in [1.165, 1.54) is 24.3 Å². The summed E-state index contributed by atoms with van der Waals surface area (Å²) in [6.07, 6.45) is 1.99. The van der Waals surface area contributed by atoms with Gasteiger partial charge in [0.15, 0.2) is 6.10 Å². The van der Waals surface area contributed by atoms with Gasteiger partial charge in [0.25, 0.3) is 5.91 Å². The first-order valence-corrected chi connectivity index (χ1v) is 10.1. The highest BCUT2D eigenvalue weighted by atomic mass is 32.1. The highest BCUT2D eigenvalue weighted by molar-refractivity contribution is 7.16. The number of anilines is 1. The number of esters is 1. The molecule has 0 spiro atoms. The van der Waals surface area contributed by atoms with E-state index in [2.05, 4.69) is 5.32 Å². The number of carbonyl (C=O) groups is 2. The second-order valence-corrected chi connectivity index (χ2v) is 7.78. The summed E-state index contributed by atoms with van der Waals surface area (Å²) >= 11 is 2.80. The van der Waals surface area contributed by atoms with Crippen molar-refractivity contribution in [2.24, 2.45) is 0 Å². The fraction of sp³-hybridized carbons (Fsp3) is 0.0952. The highest BCUT2D eigenvalue weighted by Crippen LogP contribution is 2.28. The van der Waals surface area contributed by atoms with Crippen LogP contribution in [-0.4, -0.2) is 18.0 Å². The topological polar surface area (TPSA) is 79.2 Å². The first-order chi connectivity index (χ1) is 13.6. The first kappa shape index (κ1) is 19.5. The standard InChI is InChI=1S/C21H16N2O3S2/c1-14(20(25)23-21-16(13-22)11-12-27-21)26-19(24)10-8-17-7-9-18(28-17)15-5-3-2-4-6-15/h2-12,14H,1H3,(H,23,25)/b10-8+/t14-/m0/s1. The van der Waals surface area contributed by atoms with E-state index in [1.54, 1.807) is 28.9 Å². The Kier molecular flexibility index (Phi) is 6.37. The van der Waals surface area contributed by atoms with Crippen LogP contribution in [-0.2, 0) is 14.3 Å². The van der Waals surface area contributed by atoms with Crippen LogP contribution < -0.4 is 5.32 Å². The van der Waals surface area contributed by atoms with E-state index in [0.29, 0.717) is 10.6 Å². The van der Waals surface area contributed by atoms with Gasteiger partial charge in [-0.05, 0) is 42.1 Å². The van der Waals surface area contributed by atoms with Crippen LogP contribution in [0.4, 0.5) is 5.00 Å². The van der Waals surface area contributed by atoms with Crippen LogP contribution in [0.25, 0.3) is 16.5 Å². The Hall–Kier alpha value is -3.21. The van der Waals surface area contributed by atoms with Gasteiger partial charge in [-0.25, -0.2) is 4.79 Å². The molecule has 3 aromatic rings. The molecule has 0 aliphatic carbocycles. The zero-order valence-corrected chi connectivity index (χ0v) is 16.5. The SMILES string of the molecule is C[C@H](OC(=O)/C=C/c1ccc(-c2ccccc2)s1)C(=O)Nc1sccc1C#N. The number of amides is 1. The lowest BCUT2D eigenvalue weighted by atomic mass is 10.2. The predicted octanol–water partition coefficient (Wildman–Crippen LogP) is 4.93. The van der Waals surface area contributed by atoms with E-state index in [1.807, 2.05) is 48.5 Å². The number of ether oxygens (including phenoxy) is 1. The summed E-state index contributed by atoms with van der Waals surface area (Å²) in [7, 11) is 0. The molecule has 1 N–H and O–H groups in total. The molecule has 140 valence electrons. The summed E-state index contributed by atoms with van der Waals surface area (Å²) in [6, 6.07) is 17.5. The van der Waals surface area contributed by atoms with Gasteiger partial charge < -0.3 is 10.1 Å². The number of hydrogen-bond donors (Lipinski definition) is 1. The van der Waals surface area contributed by atoms with Crippen LogP contribution in [0.1, 0.15) is 17.4 Å². The average Bonchev–Trinajstić information content (AvgIpc) is 3.36. The van der Waals surface area contributed by atoms with Crippen LogP contribution in [0, 0.1) is 11.3 Å². The third-order valence-electron chi connectivity index (χ3n) is 3.75. The lowest BCUT2D eigenvalue weighted by Gasteiger charge is -2.11. The predicted molar refractivity (Wildman–Crippen MR) is 112 cm³/mol. The van der Waals surface area contributed by atoms with E-state index >= 15 is 0 Å². The largest absolute Gasteiger partial charge is 0.449 e. The molecule has 0 saturated carbocycles. The van der Waals surface area contributed by atoms with Crippen molar-refractivity contribution in [1.82, 2.24) is 0 Å². The summed E-state index contributed by atoms with van der Waals surface area (Å²) in [5.74, 6) is -1.09. The normalized spacial score (nSPS) is 11.7. The molecule has 0 radical (unpaired) electrons. The second kappa shape index (κ2) is 9.13. The van der Waals surface area contributed by atoms with Crippen LogP contribution in [0.5, 0.6) is 0 Å². The molecule has 0 fully saturated rings. The zero-order valence-electron chi connectivity index (χ0n) is 14.9. The number of carbonyl (C=O) groups excluding carboxylic acids is 2. The third-order valence-corrected chi connectivity index (χ3v) is 5.68. The lowest BCUT2D eigenvalue weighted by Crippen LogP contribution is -2.29. The minimum Gasteiger partial charge on any atom is -0.449 e. The molecule has 28 heavy (non-hydrogen) atoms. The molecule has 0 aliphatic heterocycles. The Morgan fingerprint density at radius 2 is 1.96 bits per heavy atom. The smallest absolute Gasteiger partial charge is 0.331 e. The maximum absolute atomic E-state index is 12.1. The van der Waals surface area contributed by atoms with E-state index < -0.39 is 18.0 Å². The molecule has 0 saturated heterocycles. The fourth-order valence-corrected chi connectivity index (χ4v) is 3.98. The number of rotatable bonds is 6. The Bertz CT molecular complexity index is 1050. The molecule has 1 atom stereocenters. The number of hydrogen-bond acceptors (Lipinski definition) is 6. The number of nitrogens with one attached hydrogen (secondary N) is 1. The van der Waals surface area contributed by atoms with Crippen molar-refractivity contribution in [3.8, 4) is 16.5 Å². The number of thiophene rings is 2. The van der Waals surface area contributed by atoms with Crippen molar-refractivity contribution in [3.05, 3.63) is 70.4 Å². The molecule has 0 unspecified atom stereocenters. The molecule has 2 heterocycles. The van der Waals surface area contributed by atoms with Crippen molar-refractivity contribution in [3.63, 3.8) is 0 Å². The van der Waals surface area contributed by atoms with E-state index in [0.717, 1.165) is 15.3 Å². The van der Waals surface area contributed by atoms with Gasteiger partial charge in [0.05, 0.1) is 5.56 Å². The molecular formula is C21H16N2O3S2. The second-order valence-electron chi connectivity index (χ2n) is 5.74. The van der Waals surface area contributed by atoms with Gasteiger partial charge in [-0.1, -0.05) is 30.3 Å². The summed E-state index contributed by atoms with van der Waals surface area (Å²) < 4.78 is 5.14. The van der Waals surface area contributed by atoms with Gasteiger partial charge in [-0.2, -0.15) is 5.26 Å². The van der Waals surface area contributed by atoms with Crippen molar-refractivity contribution in [2.45, 2.75) is 13.0 Å². The molecule has 7 heteroatoms. The molecule has 2 aromatic heterocycles. The molecule has 0 bridgehead atoms. The summed E-state index contributed by atoms with van der Waals surface area (Å²) in [4.78, 5) is 26.1. The summed E-state index contributed by atoms with van der Waals surface area (Å²) in [5.41, 5.74) is 1.49. The number of benzene rings is 1. The molecule has 0 aliphatic rings. The molecular weight excluding hydrogens is 392 g/mol. The maximum Gasteiger partial charge on any atom is 0.331 e. The quantitative estimate of drug-likeness (QED) is 0.463. The van der Waals surface area contributed by atoms with Crippen molar-refractivity contribution < 1.29 is 14.3 Å². The molecule has 3 rings (SSSR count). The lowest BCUT2D eigenvalue weighted by molar-refractivity contribution is -0.148. The first-order valence-electron chi connectivity index (χ1n) is 8.39. The monoisotopic (exact) mass is 408 g/mol. The van der Waals surface area contributed by atoms with Gasteiger partial charge in [0, 0.05) is 15.8 Å². The minimum atomic E-state index is -0.978. The maximum atomic E-state index is 12.1. The summed E-state index contributed by atoms with van der Waals surface area (Å²) in [5, 5.41) is 13.7. The highest BCUT2D eigenvalue weighted by Gasteiger charge is 2.18. The Labute approximate surface area is 170 Å². The zero-order chi connectivity index (χ0) is 19.9. The number of nitrogens with zero attached hydrogens (tertiary/aromatic N) is 1. The molecule has 1 amide bonds. The van der Waals surface area contributed by atoms with Gasteiger partial charge in [0.1, 0.15) is 11.1 Å². The van der Waals surface area contributed by atoms with Crippen molar-refractivity contribution in [2.75, 3.05) is 5.32 Å².